The summed E-state index contributed by atoms with van der Waals surface area (Å²) in [5, 5.41) is 3.01. The number of hydrogen-bond donors (Lipinski definition) is 1. The number of hydrogen-bond acceptors (Lipinski definition) is 4. The molecule has 1 saturated heterocycles. The van der Waals surface area contributed by atoms with Crippen molar-refractivity contribution in [1.29, 1.82) is 0 Å². The second kappa shape index (κ2) is 8.97. The maximum atomic E-state index is 12.4. The average Bonchev–Trinajstić information content (AvgIpc) is 3.27. The van der Waals surface area contributed by atoms with Crippen LogP contribution in [0.5, 0.6) is 0 Å². The van der Waals surface area contributed by atoms with Gasteiger partial charge in [0, 0.05) is 61.3 Å². The molecular formula is C22H24N4OS. The average molecular weight is 393 g/mol. The van der Waals surface area contributed by atoms with Crippen molar-refractivity contribution in [3.63, 3.8) is 0 Å². The Morgan fingerprint density at radius 3 is 2.39 bits per heavy atom. The Labute approximate surface area is 169 Å². The molecule has 1 amide bonds. The second-order valence-corrected chi connectivity index (χ2v) is 8.11. The van der Waals surface area contributed by atoms with Crippen molar-refractivity contribution in [2.75, 3.05) is 29.5 Å². The fraction of sp³-hybridized carbons (Fsp3) is 0.273. The highest BCUT2D eigenvalue weighted by atomic mass is 32.2. The van der Waals surface area contributed by atoms with Gasteiger partial charge in [0.05, 0.1) is 6.33 Å². The van der Waals surface area contributed by atoms with E-state index in [1.165, 1.54) is 17.2 Å². The molecule has 1 aliphatic rings. The maximum Gasteiger partial charge on any atom is 0.251 e. The highest BCUT2D eigenvalue weighted by Gasteiger charge is 2.11. The molecule has 1 aromatic heterocycles. The van der Waals surface area contributed by atoms with Crippen LogP contribution < -0.4 is 10.2 Å². The molecule has 0 atom stereocenters. The van der Waals surface area contributed by atoms with Crippen LogP contribution in [0.4, 0.5) is 5.69 Å². The molecule has 1 fully saturated rings. The molecule has 2 heterocycles. The zero-order valence-corrected chi connectivity index (χ0v) is 16.6. The predicted octanol–water partition coefficient (Wildman–Crippen LogP) is 3.41. The number of carbonyl (C=O) groups excluding carboxylic acids is 1. The number of imidazole rings is 1. The Kier molecular flexibility index (Phi) is 5.97. The van der Waals surface area contributed by atoms with Gasteiger partial charge in [0.15, 0.2) is 0 Å². The number of aromatic nitrogens is 2. The largest absolute Gasteiger partial charge is 0.370 e. The van der Waals surface area contributed by atoms with Gasteiger partial charge in [0.1, 0.15) is 0 Å². The third kappa shape index (κ3) is 4.75. The van der Waals surface area contributed by atoms with E-state index in [0.29, 0.717) is 12.1 Å². The molecule has 144 valence electrons. The zero-order chi connectivity index (χ0) is 19.2. The molecule has 3 aromatic rings. The third-order valence-corrected chi connectivity index (χ3v) is 5.85. The van der Waals surface area contributed by atoms with Crippen LogP contribution in [0.25, 0.3) is 0 Å². The van der Waals surface area contributed by atoms with Crippen molar-refractivity contribution in [1.82, 2.24) is 14.9 Å². The molecule has 2 aromatic carbocycles. The van der Waals surface area contributed by atoms with Gasteiger partial charge in [0.2, 0.25) is 0 Å². The van der Waals surface area contributed by atoms with Crippen molar-refractivity contribution in [3.8, 4) is 0 Å². The molecule has 4 rings (SSSR count). The van der Waals surface area contributed by atoms with Crippen molar-refractivity contribution >= 4 is 23.4 Å². The fourth-order valence-corrected chi connectivity index (χ4v) is 4.19. The molecule has 1 aliphatic heterocycles. The van der Waals surface area contributed by atoms with E-state index in [1.54, 1.807) is 12.5 Å². The predicted molar refractivity (Wildman–Crippen MR) is 115 cm³/mol. The van der Waals surface area contributed by atoms with Crippen LogP contribution in [-0.2, 0) is 13.1 Å². The molecule has 0 unspecified atom stereocenters. The Bertz CT molecular complexity index is 885. The van der Waals surface area contributed by atoms with Crippen LogP contribution in [0.15, 0.2) is 67.3 Å². The van der Waals surface area contributed by atoms with Crippen molar-refractivity contribution in [3.05, 3.63) is 83.9 Å². The van der Waals surface area contributed by atoms with Crippen LogP contribution in [0, 0.1) is 0 Å². The summed E-state index contributed by atoms with van der Waals surface area (Å²) in [6, 6.07) is 16.2. The minimum atomic E-state index is -0.0497. The second-order valence-electron chi connectivity index (χ2n) is 6.88. The molecule has 0 spiro atoms. The Hall–Kier alpha value is -2.73. The van der Waals surface area contributed by atoms with Gasteiger partial charge in [-0.25, -0.2) is 4.98 Å². The van der Waals surface area contributed by atoms with Gasteiger partial charge in [-0.05, 0) is 35.4 Å². The van der Waals surface area contributed by atoms with Gasteiger partial charge in [-0.15, -0.1) is 0 Å². The summed E-state index contributed by atoms with van der Waals surface area (Å²) in [6.07, 6.45) is 5.48. The first kappa shape index (κ1) is 18.6. The molecule has 0 bridgehead atoms. The molecule has 0 aliphatic carbocycles. The highest BCUT2D eigenvalue weighted by molar-refractivity contribution is 7.99. The first-order valence-corrected chi connectivity index (χ1v) is 10.7. The standard InChI is InChI=1S/C22H24N4OS/c27-22(20-5-1-19(2-6-20)16-25-10-9-23-17-25)24-15-18-3-7-21(8-4-18)26-11-13-28-14-12-26/h1-10,17H,11-16H2,(H,24,27). The van der Waals surface area contributed by atoms with E-state index < -0.39 is 0 Å². The van der Waals surface area contributed by atoms with Crippen LogP contribution in [0.3, 0.4) is 0 Å². The lowest BCUT2D eigenvalue weighted by Crippen LogP contribution is -2.32. The lowest BCUT2D eigenvalue weighted by molar-refractivity contribution is 0.0951. The van der Waals surface area contributed by atoms with Crippen LogP contribution in [0.2, 0.25) is 0 Å². The minimum Gasteiger partial charge on any atom is -0.370 e. The summed E-state index contributed by atoms with van der Waals surface area (Å²) in [7, 11) is 0. The van der Waals surface area contributed by atoms with E-state index in [9.17, 15) is 4.79 Å². The summed E-state index contributed by atoms with van der Waals surface area (Å²) < 4.78 is 2.00. The zero-order valence-electron chi connectivity index (χ0n) is 15.8. The van der Waals surface area contributed by atoms with Gasteiger partial charge in [0.25, 0.3) is 5.91 Å². The summed E-state index contributed by atoms with van der Waals surface area (Å²) in [4.78, 5) is 18.9. The lowest BCUT2D eigenvalue weighted by Gasteiger charge is -2.28. The molecule has 28 heavy (non-hydrogen) atoms. The lowest BCUT2D eigenvalue weighted by atomic mass is 10.1. The molecular weight excluding hydrogens is 368 g/mol. The third-order valence-electron chi connectivity index (χ3n) is 4.91. The number of benzene rings is 2. The molecule has 0 radical (unpaired) electrons. The number of carbonyl (C=O) groups is 1. The van der Waals surface area contributed by atoms with Gasteiger partial charge in [-0.3, -0.25) is 4.79 Å². The van der Waals surface area contributed by atoms with E-state index in [2.05, 4.69) is 39.5 Å². The maximum absolute atomic E-state index is 12.4. The van der Waals surface area contributed by atoms with Crippen molar-refractivity contribution in [2.24, 2.45) is 0 Å². The Morgan fingerprint density at radius 1 is 1.00 bits per heavy atom. The van der Waals surface area contributed by atoms with E-state index in [-0.39, 0.29) is 5.91 Å². The number of rotatable bonds is 6. The summed E-state index contributed by atoms with van der Waals surface area (Å²) in [6.45, 7) is 3.50. The number of anilines is 1. The Morgan fingerprint density at radius 2 is 1.71 bits per heavy atom. The number of thioether (sulfide) groups is 1. The van der Waals surface area contributed by atoms with Crippen molar-refractivity contribution < 1.29 is 4.79 Å². The Balaban J connectivity index is 1.30. The molecule has 6 heteroatoms. The van der Waals surface area contributed by atoms with E-state index in [1.807, 2.05) is 46.8 Å². The highest BCUT2D eigenvalue weighted by Crippen LogP contribution is 2.20. The number of amides is 1. The van der Waals surface area contributed by atoms with E-state index in [4.69, 9.17) is 0 Å². The minimum absolute atomic E-state index is 0.0497. The SMILES string of the molecule is O=C(NCc1ccc(N2CCSCC2)cc1)c1ccc(Cn2ccnc2)cc1. The number of nitrogens with one attached hydrogen (secondary N) is 1. The summed E-state index contributed by atoms with van der Waals surface area (Å²) in [5.74, 6) is 2.34. The molecule has 1 N–H and O–H groups in total. The van der Waals surface area contributed by atoms with Crippen LogP contribution >= 0.6 is 11.8 Å². The van der Waals surface area contributed by atoms with E-state index in [0.717, 1.165) is 30.8 Å². The number of nitrogens with zero attached hydrogens (tertiary/aromatic N) is 3. The quantitative estimate of drug-likeness (QED) is 0.698. The molecule has 5 nitrogen and oxygen atoms in total. The van der Waals surface area contributed by atoms with E-state index >= 15 is 0 Å². The van der Waals surface area contributed by atoms with Gasteiger partial charge in [-0.1, -0.05) is 24.3 Å². The fourth-order valence-electron chi connectivity index (χ4n) is 3.28. The van der Waals surface area contributed by atoms with Crippen molar-refractivity contribution in [2.45, 2.75) is 13.1 Å². The molecule has 0 saturated carbocycles. The topological polar surface area (TPSA) is 50.2 Å². The van der Waals surface area contributed by atoms with Crippen LogP contribution in [-0.4, -0.2) is 40.1 Å². The normalized spacial score (nSPS) is 14.1. The van der Waals surface area contributed by atoms with Gasteiger partial charge >= 0.3 is 0 Å². The summed E-state index contributed by atoms with van der Waals surface area (Å²) in [5.41, 5.74) is 4.20. The first-order chi connectivity index (χ1) is 13.8. The monoisotopic (exact) mass is 392 g/mol. The smallest absolute Gasteiger partial charge is 0.251 e. The van der Waals surface area contributed by atoms with Gasteiger partial charge in [-0.2, -0.15) is 11.8 Å². The van der Waals surface area contributed by atoms with Crippen LogP contribution in [0.1, 0.15) is 21.5 Å². The summed E-state index contributed by atoms with van der Waals surface area (Å²) >= 11 is 2.01. The first-order valence-electron chi connectivity index (χ1n) is 9.52. The van der Waals surface area contributed by atoms with Gasteiger partial charge < -0.3 is 14.8 Å².